The van der Waals surface area contributed by atoms with E-state index in [1.165, 1.54) is 17.7 Å². The summed E-state index contributed by atoms with van der Waals surface area (Å²) in [4.78, 5) is 5.93. The molecule has 5 nitrogen and oxygen atoms in total. The van der Waals surface area contributed by atoms with Gasteiger partial charge in [0.25, 0.3) is 0 Å². The Kier molecular flexibility index (Phi) is 8.19. The summed E-state index contributed by atoms with van der Waals surface area (Å²) in [5.74, 6) is 2.29. The fraction of sp³-hybridized carbons (Fsp3) is 0.464. The van der Waals surface area contributed by atoms with E-state index < -0.39 is 5.60 Å². The van der Waals surface area contributed by atoms with Gasteiger partial charge in [-0.05, 0) is 30.5 Å². The van der Waals surface area contributed by atoms with E-state index in [4.69, 9.17) is 9.15 Å². The normalized spacial score (nSPS) is 17.8. The molecule has 1 aromatic heterocycles. The number of nitrogens with zero attached hydrogens (tertiary/aromatic N) is 1. The van der Waals surface area contributed by atoms with E-state index >= 15 is 0 Å². The summed E-state index contributed by atoms with van der Waals surface area (Å²) >= 11 is 0. The third kappa shape index (κ3) is 6.04. The van der Waals surface area contributed by atoms with Crippen LogP contribution < -0.4 is 9.64 Å². The number of hydrogen-bond donors (Lipinski definition) is 2. The third-order valence-corrected chi connectivity index (χ3v) is 6.78. The van der Waals surface area contributed by atoms with Crippen molar-refractivity contribution in [1.82, 2.24) is 4.98 Å². The smallest absolute Gasteiger partial charge is 0.231 e. The lowest BCUT2D eigenvalue weighted by molar-refractivity contribution is -0.895. The number of rotatable bonds is 10. The Morgan fingerprint density at radius 1 is 1.00 bits per heavy atom. The van der Waals surface area contributed by atoms with E-state index in [9.17, 15) is 5.11 Å². The van der Waals surface area contributed by atoms with Crippen molar-refractivity contribution < 1.29 is 19.2 Å². The molecule has 1 saturated carbocycles. The second-order valence-electron chi connectivity index (χ2n) is 9.35. The molecule has 1 fully saturated rings. The number of oxazole rings is 1. The van der Waals surface area contributed by atoms with Crippen molar-refractivity contribution in [3.05, 3.63) is 84.1 Å². The molecule has 1 heterocycles. The van der Waals surface area contributed by atoms with Crippen LogP contribution in [0.4, 0.5) is 0 Å². The van der Waals surface area contributed by atoms with Crippen molar-refractivity contribution in [2.24, 2.45) is 5.92 Å². The van der Waals surface area contributed by atoms with Gasteiger partial charge in [0.15, 0.2) is 11.4 Å². The number of aliphatic hydroxyl groups is 1. The van der Waals surface area contributed by atoms with Crippen LogP contribution in [0.25, 0.3) is 0 Å². The van der Waals surface area contributed by atoms with E-state index in [-0.39, 0.29) is 5.92 Å². The van der Waals surface area contributed by atoms with Crippen molar-refractivity contribution in [2.75, 3.05) is 20.2 Å². The van der Waals surface area contributed by atoms with Crippen LogP contribution in [0.3, 0.4) is 0 Å². The monoisotopic (exact) mass is 449 g/mol. The SMILES string of the molecule is C[NH+](CCCOc1ccccc1)Cc1cnc(C(O)(c2ccccc2)C2CCCCCC2)o1. The second-order valence-corrected chi connectivity index (χ2v) is 9.35. The topological polar surface area (TPSA) is 59.9 Å². The molecule has 5 heteroatoms. The lowest BCUT2D eigenvalue weighted by Crippen LogP contribution is -3.07. The maximum atomic E-state index is 12.1. The molecule has 0 amide bonds. The van der Waals surface area contributed by atoms with Gasteiger partial charge in [0, 0.05) is 12.3 Å². The molecule has 0 spiro atoms. The molecule has 4 rings (SSSR count). The molecule has 1 aliphatic rings. The number of nitrogens with one attached hydrogen (secondary N) is 1. The summed E-state index contributed by atoms with van der Waals surface area (Å²) in [7, 11) is 2.15. The quantitative estimate of drug-likeness (QED) is 0.357. The van der Waals surface area contributed by atoms with E-state index in [1.807, 2.05) is 60.7 Å². The number of benzene rings is 2. The van der Waals surface area contributed by atoms with E-state index in [2.05, 4.69) is 12.0 Å². The molecule has 0 radical (unpaired) electrons. The Morgan fingerprint density at radius 2 is 1.67 bits per heavy atom. The molecule has 0 aliphatic heterocycles. The van der Waals surface area contributed by atoms with Crippen molar-refractivity contribution >= 4 is 0 Å². The number of quaternary nitrogens is 1. The average molecular weight is 450 g/mol. The maximum absolute atomic E-state index is 12.1. The number of ether oxygens (including phenoxy) is 1. The van der Waals surface area contributed by atoms with Gasteiger partial charge in [-0.15, -0.1) is 0 Å². The van der Waals surface area contributed by atoms with Crippen molar-refractivity contribution in [1.29, 1.82) is 0 Å². The second kappa shape index (κ2) is 11.5. The minimum absolute atomic E-state index is 0.120. The molecule has 0 bridgehead atoms. The first-order valence-corrected chi connectivity index (χ1v) is 12.4. The number of aromatic nitrogens is 1. The zero-order valence-corrected chi connectivity index (χ0v) is 19.7. The molecule has 2 aromatic carbocycles. The zero-order chi connectivity index (χ0) is 22.9. The van der Waals surface area contributed by atoms with E-state index in [0.717, 1.165) is 62.3 Å². The average Bonchev–Trinajstić information content (AvgIpc) is 3.14. The molecular formula is C28H37N2O3+. The Hall–Kier alpha value is -2.63. The van der Waals surface area contributed by atoms with Crippen LogP contribution >= 0.6 is 0 Å². The minimum Gasteiger partial charge on any atom is -0.493 e. The summed E-state index contributed by atoms with van der Waals surface area (Å²) in [5, 5.41) is 12.1. The Morgan fingerprint density at radius 3 is 2.36 bits per heavy atom. The molecule has 0 saturated heterocycles. The van der Waals surface area contributed by atoms with Gasteiger partial charge >= 0.3 is 0 Å². The van der Waals surface area contributed by atoms with E-state index in [0.29, 0.717) is 12.5 Å². The highest BCUT2D eigenvalue weighted by Gasteiger charge is 2.44. The van der Waals surface area contributed by atoms with Gasteiger partial charge in [-0.25, -0.2) is 4.98 Å². The maximum Gasteiger partial charge on any atom is 0.231 e. The van der Waals surface area contributed by atoms with Gasteiger partial charge in [0.1, 0.15) is 12.3 Å². The van der Waals surface area contributed by atoms with Crippen LogP contribution in [0.15, 0.2) is 71.3 Å². The molecule has 3 aromatic rings. The fourth-order valence-corrected chi connectivity index (χ4v) is 4.96. The summed E-state index contributed by atoms with van der Waals surface area (Å²) in [5.41, 5.74) is -0.301. The van der Waals surface area contributed by atoms with Crippen LogP contribution in [0.2, 0.25) is 0 Å². The summed E-state index contributed by atoms with van der Waals surface area (Å²) in [6, 6.07) is 19.9. The van der Waals surface area contributed by atoms with Gasteiger partial charge in [0.2, 0.25) is 5.89 Å². The predicted octanol–water partition coefficient (Wildman–Crippen LogP) is 4.36. The fourth-order valence-electron chi connectivity index (χ4n) is 4.96. The standard InChI is InChI=1S/C28H36N2O3/c1-30(19-12-20-32-25-17-10-5-11-18-25)22-26-21-29-27(33-26)28(31,24-15-8-4-9-16-24)23-13-6-2-3-7-14-23/h4-5,8-11,15-18,21,23,31H,2-3,6-7,12-14,19-20,22H2,1H3/p+1. The molecule has 2 N–H and O–H groups in total. The molecule has 2 atom stereocenters. The van der Waals surface area contributed by atoms with Gasteiger partial charge in [-0.3, -0.25) is 0 Å². The largest absolute Gasteiger partial charge is 0.493 e. The van der Waals surface area contributed by atoms with Crippen LogP contribution in [-0.2, 0) is 12.1 Å². The van der Waals surface area contributed by atoms with E-state index in [1.54, 1.807) is 6.20 Å². The first kappa shape index (κ1) is 23.5. The van der Waals surface area contributed by atoms with Gasteiger partial charge in [0.05, 0.1) is 26.4 Å². The molecule has 176 valence electrons. The third-order valence-electron chi connectivity index (χ3n) is 6.78. The first-order valence-electron chi connectivity index (χ1n) is 12.4. The molecule has 1 aliphatic carbocycles. The lowest BCUT2D eigenvalue weighted by atomic mass is 9.77. The van der Waals surface area contributed by atoms with Crippen molar-refractivity contribution in [3.63, 3.8) is 0 Å². The Bertz CT molecular complexity index is 952. The number of hydrogen-bond acceptors (Lipinski definition) is 4. The minimum atomic E-state index is -1.18. The van der Waals surface area contributed by atoms with Gasteiger partial charge in [-0.1, -0.05) is 74.2 Å². The van der Waals surface area contributed by atoms with Gasteiger partial charge < -0.3 is 19.2 Å². The lowest BCUT2D eigenvalue weighted by Gasteiger charge is -2.33. The van der Waals surface area contributed by atoms with Crippen LogP contribution in [0, 0.1) is 5.92 Å². The zero-order valence-electron chi connectivity index (χ0n) is 19.7. The molecule has 33 heavy (non-hydrogen) atoms. The van der Waals surface area contributed by atoms with Crippen LogP contribution in [0.5, 0.6) is 5.75 Å². The first-order chi connectivity index (χ1) is 16.2. The van der Waals surface area contributed by atoms with Crippen LogP contribution in [-0.4, -0.2) is 30.3 Å². The molecule has 2 unspecified atom stereocenters. The summed E-state index contributed by atoms with van der Waals surface area (Å²) in [6.45, 7) is 2.39. The van der Waals surface area contributed by atoms with Crippen molar-refractivity contribution in [3.8, 4) is 5.75 Å². The van der Waals surface area contributed by atoms with Gasteiger partial charge in [-0.2, -0.15) is 0 Å². The Labute approximate surface area is 197 Å². The highest BCUT2D eigenvalue weighted by atomic mass is 16.5. The predicted molar refractivity (Wildman–Crippen MR) is 129 cm³/mol. The summed E-state index contributed by atoms with van der Waals surface area (Å²) < 4.78 is 12.0. The van der Waals surface area contributed by atoms with Crippen molar-refractivity contribution in [2.45, 2.75) is 57.1 Å². The number of para-hydroxylation sites is 1. The molecular weight excluding hydrogens is 412 g/mol. The highest BCUT2D eigenvalue weighted by Crippen LogP contribution is 2.43. The Balaban J connectivity index is 1.40. The summed E-state index contributed by atoms with van der Waals surface area (Å²) in [6.07, 6.45) is 9.50. The van der Waals surface area contributed by atoms with Crippen LogP contribution in [0.1, 0.15) is 62.2 Å². The highest BCUT2D eigenvalue weighted by molar-refractivity contribution is 5.30.